The van der Waals surface area contributed by atoms with Crippen LogP contribution in [-0.4, -0.2) is 47.2 Å². The Bertz CT molecular complexity index is 1480. The van der Waals surface area contributed by atoms with Crippen LogP contribution < -0.4 is 10.2 Å². The van der Waals surface area contributed by atoms with Crippen molar-refractivity contribution in [2.24, 2.45) is 0 Å². The van der Waals surface area contributed by atoms with E-state index in [1.807, 2.05) is 89.8 Å². The van der Waals surface area contributed by atoms with E-state index in [1.165, 1.54) is 11.8 Å². The molecule has 1 unspecified atom stereocenters. The van der Waals surface area contributed by atoms with Crippen LogP contribution in [0.5, 0.6) is 0 Å². The fraction of sp³-hybridized carbons (Fsp3) is 0.233. The van der Waals surface area contributed by atoms with Gasteiger partial charge in [0.2, 0.25) is 11.8 Å². The Hall–Kier alpha value is -4.04. The molecule has 1 fully saturated rings. The van der Waals surface area contributed by atoms with Crippen molar-refractivity contribution < 1.29 is 14.4 Å². The van der Waals surface area contributed by atoms with Gasteiger partial charge in [0.25, 0.3) is 5.91 Å². The largest absolute Gasteiger partial charge is 0.351 e. The van der Waals surface area contributed by atoms with Gasteiger partial charge < -0.3 is 20.1 Å². The van der Waals surface area contributed by atoms with Crippen LogP contribution in [-0.2, 0) is 14.5 Å². The molecule has 1 aromatic heterocycles. The molecule has 1 saturated heterocycles. The van der Waals surface area contributed by atoms with Gasteiger partial charge in [0.15, 0.2) is 0 Å². The van der Waals surface area contributed by atoms with Gasteiger partial charge in [0, 0.05) is 28.9 Å². The van der Waals surface area contributed by atoms with E-state index < -0.39 is 4.87 Å². The molecule has 3 heterocycles. The quantitative estimate of drug-likeness (QED) is 0.389. The number of hydrogen-bond donors (Lipinski definition) is 2. The molecule has 6 rings (SSSR count). The van der Waals surface area contributed by atoms with Crippen LogP contribution in [0.15, 0.2) is 89.8 Å². The molecule has 0 spiro atoms. The highest BCUT2D eigenvalue weighted by Crippen LogP contribution is 2.48. The minimum absolute atomic E-state index is 0.00436. The van der Waals surface area contributed by atoms with Crippen molar-refractivity contribution in [3.63, 3.8) is 0 Å². The van der Waals surface area contributed by atoms with E-state index in [4.69, 9.17) is 0 Å². The summed E-state index contributed by atoms with van der Waals surface area (Å²) in [4.78, 5) is 47.1. The molecule has 3 aromatic carbocycles. The van der Waals surface area contributed by atoms with Crippen LogP contribution >= 0.6 is 11.8 Å². The third kappa shape index (κ3) is 4.56. The number of fused-ring (bicyclic) bond motifs is 2. The van der Waals surface area contributed by atoms with E-state index in [-0.39, 0.29) is 30.7 Å². The second kappa shape index (κ2) is 10.0. The lowest BCUT2D eigenvalue weighted by molar-refractivity contribution is -0.130. The molecule has 0 bridgehead atoms. The van der Waals surface area contributed by atoms with E-state index >= 15 is 0 Å². The van der Waals surface area contributed by atoms with Crippen LogP contribution in [0.1, 0.15) is 35.3 Å². The maximum absolute atomic E-state index is 14.0. The van der Waals surface area contributed by atoms with Gasteiger partial charge in [0.1, 0.15) is 17.1 Å². The number of H-pyrrole nitrogens is 1. The van der Waals surface area contributed by atoms with Crippen LogP contribution in [0.3, 0.4) is 0 Å². The zero-order chi connectivity index (χ0) is 26.1. The third-order valence-corrected chi connectivity index (χ3v) is 8.62. The first-order valence-corrected chi connectivity index (χ1v) is 13.7. The standard InChI is InChI=1S/C30H28N4O3S/c35-27-19-30(22-11-2-1-3-12-22,32-29(37)24-18-21-10-4-5-13-23(21)31-24)38-26-15-7-6-14-25(26)34(27)20-28(36)33-16-8-9-17-33/h1-7,10-15,18,31H,8-9,16-17,19-20H2,(H,32,37). The molecular formula is C30H28N4O3S. The smallest absolute Gasteiger partial charge is 0.269 e. The molecule has 7 nitrogen and oxygen atoms in total. The number of carbonyl (C=O) groups excluding carboxylic acids is 3. The summed E-state index contributed by atoms with van der Waals surface area (Å²) in [7, 11) is 0. The number of carbonyl (C=O) groups is 3. The SMILES string of the molecule is O=C(NC1(c2ccccc2)CC(=O)N(CC(=O)N2CCCC2)c2ccccc2S1)c1cc2ccccc2[nH]1. The van der Waals surface area contributed by atoms with Gasteiger partial charge in [-0.05, 0) is 42.7 Å². The normalized spacial score (nSPS) is 19.3. The van der Waals surface area contributed by atoms with Crippen molar-refractivity contribution in [2.75, 3.05) is 24.5 Å². The van der Waals surface area contributed by atoms with Crippen molar-refractivity contribution in [1.29, 1.82) is 0 Å². The van der Waals surface area contributed by atoms with Crippen LogP contribution in [0.2, 0.25) is 0 Å². The number of amides is 3. The van der Waals surface area contributed by atoms with Gasteiger partial charge >= 0.3 is 0 Å². The molecule has 4 aromatic rings. The molecule has 0 radical (unpaired) electrons. The van der Waals surface area contributed by atoms with Gasteiger partial charge in [-0.25, -0.2) is 0 Å². The zero-order valence-corrected chi connectivity index (χ0v) is 21.7. The first kappa shape index (κ1) is 24.3. The molecule has 1 atom stereocenters. The van der Waals surface area contributed by atoms with E-state index in [0.29, 0.717) is 11.4 Å². The van der Waals surface area contributed by atoms with E-state index in [1.54, 1.807) is 4.90 Å². The second-order valence-electron chi connectivity index (χ2n) is 9.73. The highest BCUT2D eigenvalue weighted by Gasteiger charge is 2.43. The number of aromatic amines is 1. The Morgan fingerprint density at radius 1 is 0.921 bits per heavy atom. The predicted molar refractivity (Wildman–Crippen MR) is 149 cm³/mol. The lowest BCUT2D eigenvalue weighted by atomic mass is 10.0. The average molecular weight is 525 g/mol. The van der Waals surface area contributed by atoms with Gasteiger partial charge in [-0.3, -0.25) is 14.4 Å². The first-order valence-electron chi connectivity index (χ1n) is 12.8. The fourth-order valence-corrected chi connectivity index (χ4v) is 6.66. The Kier molecular flexibility index (Phi) is 6.41. The number of benzene rings is 3. The number of likely N-dealkylation sites (tertiary alicyclic amines) is 1. The monoisotopic (exact) mass is 524 g/mol. The van der Waals surface area contributed by atoms with Crippen molar-refractivity contribution in [3.05, 3.63) is 96.2 Å². The molecule has 38 heavy (non-hydrogen) atoms. The second-order valence-corrected chi connectivity index (χ2v) is 11.1. The number of hydrogen-bond acceptors (Lipinski definition) is 4. The lowest BCUT2D eigenvalue weighted by Gasteiger charge is -2.33. The summed E-state index contributed by atoms with van der Waals surface area (Å²) in [6, 6.07) is 26.7. The van der Waals surface area contributed by atoms with Crippen LogP contribution in [0.25, 0.3) is 10.9 Å². The molecule has 0 aliphatic carbocycles. The number of rotatable bonds is 5. The Balaban J connectivity index is 1.39. The lowest BCUT2D eigenvalue weighted by Crippen LogP contribution is -2.48. The summed E-state index contributed by atoms with van der Waals surface area (Å²) in [5.41, 5.74) is 2.79. The molecule has 3 amide bonds. The van der Waals surface area contributed by atoms with Crippen molar-refractivity contribution in [2.45, 2.75) is 29.0 Å². The molecule has 8 heteroatoms. The maximum Gasteiger partial charge on any atom is 0.269 e. The zero-order valence-electron chi connectivity index (χ0n) is 20.9. The van der Waals surface area contributed by atoms with E-state index in [9.17, 15) is 14.4 Å². The van der Waals surface area contributed by atoms with Crippen molar-refractivity contribution in [3.8, 4) is 0 Å². The summed E-state index contributed by atoms with van der Waals surface area (Å²) in [5, 5.41) is 4.15. The molecule has 2 aliphatic heterocycles. The van der Waals surface area contributed by atoms with E-state index in [2.05, 4.69) is 10.3 Å². The summed E-state index contributed by atoms with van der Waals surface area (Å²) in [6.07, 6.45) is 1.97. The Labute approximate surface area is 225 Å². The highest BCUT2D eigenvalue weighted by atomic mass is 32.2. The summed E-state index contributed by atoms with van der Waals surface area (Å²) in [6.45, 7) is 1.44. The topological polar surface area (TPSA) is 85.5 Å². The Morgan fingerprint density at radius 3 is 2.42 bits per heavy atom. The minimum Gasteiger partial charge on any atom is -0.351 e. The first-order chi connectivity index (χ1) is 18.5. The van der Waals surface area contributed by atoms with Crippen LogP contribution in [0, 0.1) is 0 Å². The number of anilines is 1. The third-order valence-electron chi connectivity index (χ3n) is 7.22. The van der Waals surface area contributed by atoms with Crippen molar-refractivity contribution in [1.82, 2.24) is 15.2 Å². The number of nitrogens with one attached hydrogen (secondary N) is 2. The van der Waals surface area contributed by atoms with Gasteiger partial charge in [-0.1, -0.05) is 72.4 Å². The number of nitrogens with zero attached hydrogens (tertiary/aromatic N) is 2. The van der Waals surface area contributed by atoms with E-state index in [0.717, 1.165) is 47.3 Å². The summed E-state index contributed by atoms with van der Waals surface area (Å²) in [5.74, 6) is -0.565. The molecule has 192 valence electrons. The van der Waals surface area contributed by atoms with Gasteiger partial charge in [-0.2, -0.15) is 0 Å². The molecule has 2 aliphatic rings. The molecular weight excluding hydrogens is 496 g/mol. The number of aromatic nitrogens is 1. The number of thioether (sulfide) groups is 1. The minimum atomic E-state index is -1.08. The number of para-hydroxylation sites is 2. The fourth-order valence-electron chi connectivity index (χ4n) is 5.26. The maximum atomic E-state index is 14.0. The highest BCUT2D eigenvalue weighted by molar-refractivity contribution is 8.00. The summed E-state index contributed by atoms with van der Waals surface area (Å²) >= 11 is 1.44. The molecule has 2 N–H and O–H groups in total. The molecule has 0 saturated carbocycles. The average Bonchev–Trinajstić information content (AvgIpc) is 3.61. The van der Waals surface area contributed by atoms with Crippen molar-refractivity contribution >= 4 is 46.1 Å². The predicted octanol–water partition coefficient (Wildman–Crippen LogP) is 4.90. The van der Waals surface area contributed by atoms with Gasteiger partial charge in [0.05, 0.1) is 12.1 Å². The van der Waals surface area contributed by atoms with Gasteiger partial charge in [-0.15, -0.1) is 0 Å². The van der Waals surface area contributed by atoms with Crippen LogP contribution in [0.4, 0.5) is 5.69 Å². The Morgan fingerprint density at radius 2 is 1.63 bits per heavy atom. The summed E-state index contributed by atoms with van der Waals surface area (Å²) < 4.78 is 0.